The summed E-state index contributed by atoms with van der Waals surface area (Å²) in [5.74, 6) is 0.622. The maximum absolute atomic E-state index is 4.67. The number of nitrogens with zero attached hydrogens (tertiary/aromatic N) is 2. The minimum Gasteiger partial charge on any atom is -0.353 e. The number of fused-ring (bicyclic) bond motifs is 2. The summed E-state index contributed by atoms with van der Waals surface area (Å²) in [5.41, 5.74) is 7.70. The lowest BCUT2D eigenvalue weighted by Gasteiger charge is -2.23. The fourth-order valence-corrected chi connectivity index (χ4v) is 4.67. The number of piperidine rings is 1. The van der Waals surface area contributed by atoms with Crippen LogP contribution in [0, 0.1) is 0 Å². The van der Waals surface area contributed by atoms with Crippen molar-refractivity contribution < 1.29 is 0 Å². The first-order valence-corrected chi connectivity index (χ1v) is 10.6. The van der Waals surface area contributed by atoms with Crippen molar-refractivity contribution in [2.24, 2.45) is 0 Å². The number of hydrogen-bond acceptors (Lipinski definition) is 3. The van der Waals surface area contributed by atoms with Crippen LogP contribution in [0.2, 0.25) is 0 Å². The van der Waals surface area contributed by atoms with Crippen LogP contribution in [0.5, 0.6) is 0 Å². The molecule has 1 saturated heterocycles. The topological polar surface area (TPSA) is 69.4 Å². The Morgan fingerprint density at radius 3 is 2.63 bits per heavy atom. The number of aromatic amines is 2. The van der Waals surface area contributed by atoms with Gasteiger partial charge in [-0.3, -0.25) is 10.1 Å². The number of pyridine rings is 1. The van der Waals surface area contributed by atoms with Crippen LogP contribution in [-0.2, 0) is 0 Å². The predicted molar refractivity (Wildman–Crippen MR) is 121 cm³/mol. The molecule has 5 heteroatoms. The molecule has 0 aliphatic carbocycles. The summed E-state index contributed by atoms with van der Waals surface area (Å²) in [6.07, 6.45) is 4.22. The number of aromatic nitrogens is 4. The second-order valence-corrected chi connectivity index (χ2v) is 8.07. The van der Waals surface area contributed by atoms with Gasteiger partial charge in [-0.1, -0.05) is 24.3 Å². The standard InChI is InChI=1S/C25H23N5/c1-2-11-27-21(5-1)18-4-3-6-22-19(18)15-24(28-22)25-20-14-17(7-8-23(20)29-30-25)16-9-12-26-13-10-16/h1-8,11,14-16,26,28H,9-10,12-13H2,(H,29,30). The van der Waals surface area contributed by atoms with Gasteiger partial charge in [0.1, 0.15) is 5.69 Å². The van der Waals surface area contributed by atoms with E-state index >= 15 is 0 Å². The fraction of sp³-hybridized carbons (Fsp3) is 0.200. The van der Waals surface area contributed by atoms with Crippen LogP contribution >= 0.6 is 0 Å². The Bertz CT molecular complexity index is 1330. The molecule has 3 aromatic heterocycles. The highest BCUT2D eigenvalue weighted by molar-refractivity contribution is 6.00. The zero-order chi connectivity index (χ0) is 19.9. The van der Waals surface area contributed by atoms with Crippen LogP contribution in [0.3, 0.4) is 0 Å². The quantitative estimate of drug-likeness (QED) is 0.393. The smallest absolute Gasteiger partial charge is 0.116 e. The maximum Gasteiger partial charge on any atom is 0.116 e. The number of benzene rings is 2. The van der Waals surface area contributed by atoms with E-state index < -0.39 is 0 Å². The molecule has 0 saturated carbocycles. The Balaban J connectivity index is 1.47. The lowest BCUT2D eigenvalue weighted by Crippen LogP contribution is -2.26. The SMILES string of the molecule is c1ccc(-c2cccc3[nH]c(-c4n[nH]c5ccc(C6CCNCC6)cc45)cc23)nc1. The Labute approximate surface area is 174 Å². The molecule has 0 radical (unpaired) electrons. The van der Waals surface area contributed by atoms with Crippen LogP contribution in [0.1, 0.15) is 24.3 Å². The molecule has 1 aliphatic rings. The highest BCUT2D eigenvalue weighted by atomic mass is 15.1. The lowest BCUT2D eigenvalue weighted by atomic mass is 9.89. The van der Waals surface area contributed by atoms with Gasteiger partial charge in [-0.2, -0.15) is 5.10 Å². The molecular formula is C25H23N5. The third kappa shape index (κ3) is 2.90. The van der Waals surface area contributed by atoms with Gasteiger partial charge in [-0.25, -0.2) is 0 Å². The van der Waals surface area contributed by atoms with Gasteiger partial charge in [-0.05, 0) is 73.8 Å². The molecule has 0 unspecified atom stereocenters. The van der Waals surface area contributed by atoms with Gasteiger partial charge in [0.05, 0.1) is 16.9 Å². The second kappa shape index (κ2) is 7.11. The van der Waals surface area contributed by atoms with Crippen molar-refractivity contribution >= 4 is 21.8 Å². The number of H-pyrrole nitrogens is 2. The average Bonchev–Trinajstić information content (AvgIpc) is 3.43. The summed E-state index contributed by atoms with van der Waals surface area (Å²) in [6.45, 7) is 2.19. The van der Waals surface area contributed by atoms with Gasteiger partial charge in [0.25, 0.3) is 0 Å². The van der Waals surface area contributed by atoms with Crippen LogP contribution < -0.4 is 5.32 Å². The van der Waals surface area contributed by atoms with E-state index in [9.17, 15) is 0 Å². The lowest BCUT2D eigenvalue weighted by molar-refractivity contribution is 0.460. The molecule has 0 amide bonds. The highest BCUT2D eigenvalue weighted by Gasteiger charge is 2.18. The van der Waals surface area contributed by atoms with Crippen LogP contribution in [0.25, 0.3) is 44.5 Å². The van der Waals surface area contributed by atoms with Crippen molar-refractivity contribution in [3.05, 3.63) is 72.4 Å². The fourth-order valence-electron chi connectivity index (χ4n) is 4.67. The maximum atomic E-state index is 4.67. The van der Waals surface area contributed by atoms with E-state index in [2.05, 4.69) is 74.0 Å². The van der Waals surface area contributed by atoms with Gasteiger partial charge in [-0.15, -0.1) is 0 Å². The molecule has 1 aliphatic heterocycles. The van der Waals surface area contributed by atoms with E-state index in [4.69, 9.17) is 0 Å². The Kier molecular flexibility index (Phi) is 4.13. The monoisotopic (exact) mass is 393 g/mol. The molecule has 30 heavy (non-hydrogen) atoms. The Morgan fingerprint density at radius 1 is 0.833 bits per heavy atom. The van der Waals surface area contributed by atoms with Crippen molar-refractivity contribution in [3.8, 4) is 22.6 Å². The van der Waals surface area contributed by atoms with Gasteiger partial charge in [0, 0.05) is 28.0 Å². The largest absolute Gasteiger partial charge is 0.353 e. The summed E-state index contributed by atoms with van der Waals surface area (Å²) < 4.78 is 0. The minimum absolute atomic E-state index is 0.622. The molecule has 5 nitrogen and oxygen atoms in total. The molecule has 4 heterocycles. The van der Waals surface area contributed by atoms with Gasteiger partial charge in [0.2, 0.25) is 0 Å². The summed E-state index contributed by atoms with van der Waals surface area (Å²) in [7, 11) is 0. The summed E-state index contributed by atoms with van der Waals surface area (Å²) in [5, 5.41) is 13.7. The summed E-state index contributed by atoms with van der Waals surface area (Å²) >= 11 is 0. The van der Waals surface area contributed by atoms with Gasteiger partial charge >= 0.3 is 0 Å². The average molecular weight is 393 g/mol. The van der Waals surface area contributed by atoms with Gasteiger partial charge in [0.15, 0.2) is 0 Å². The van der Waals surface area contributed by atoms with Crippen LogP contribution in [0.15, 0.2) is 66.9 Å². The van der Waals surface area contributed by atoms with Crippen molar-refractivity contribution in [2.75, 3.05) is 13.1 Å². The zero-order valence-corrected chi connectivity index (χ0v) is 16.7. The summed E-state index contributed by atoms with van der Waals surface area (Å²) in [4.78, 5) is 8.12. The highest BCUT2D eigenvalue weighted by Crippen LogP contribution is 2.35. The minimum atomic E-state index is 0.622. The zero-order valence-electron chi connectivity index (χ0n) is 16.7. The third-order valence-electron chi connectivity index (χ3n) is 6.26. The number of nitrogens with one attached hydrogen (secondary N) is 3. The van der Waals surface area contributed by atoms with Crippen molar-refractivity contribution in [2.45, 2.75) is 18.8 Å². The van der Waals surface area contributed by atoms with E-state index in [1.165, 1.54) is 23.8 Å². The van der Waals surface area contributed by atoms with E-state index in [0.717, 1.165) is 52.2 Å². The number of rotatable bonds is 3. The molecule has 0 atom stereocenters. The third-order valence-corrected chi connectivity index (χ3v) is 6.26. The van der Waals surface area contributed by atoms with Gasteiger partial charge < -0.3 is 10.3 Å². The molecule has 5 aromatic rings. The Morgan fingerprint density at radius 2 is 1.77 bits per heavy atom. The van der Waals surface area contributed by atoms with Crippen LogP contribution in [0.4, 0.5) is 0 Å². The second-order valence-electron chi connectivity index (χ2n) is 8.07. The predicted octanol–water partition coefficient (Wildman–Crippen LogP) is 5.24. The van der Waals surface area contributed by atoms with E-state index in [1.54, 1.807) is 0 Å². The molecule has 6 rings (SSSR count). The van der Waals surface area contributed by atoms with Crippen molar-refractivity contribution in [1.29, 1.82) is 0 Å². The molecule has 3 N–H and O–H groups in total. The first-order chi connectivity index (χ1) is 14.9. The molecule has 148 valence electrons. The molecular weight excluding hydrogens is 370 g/mol. The Hall–Kier alpha value is -3.44. The van der Waals surface area contributed by atoms with E-state index in [0.29, 0.717) is 5.92 Å². The van der Waals surface area contributed by atoms with E-state index in [-0.39, 0.29) is 0 Å². The normalized spacial score (nSPS) is 15.2. The van der Waals surface area contributed by atoms with Crippen LogP contribution in [-0.4, -0.2) is 33.3 Å². The van der Waals surface area contributed by atoms with Crippen molar-refractivity contribution in [1.82, 2.24) is 25.5 Å². The first-order valence-electron chi connectivity index (χ1n) is 10.6. The van der Waals surface area contributed by atoms with Crippen molar-refractivity contribution in [3.63, 3.8) is 0 Å². The molecule has 1 fully saturated rings. The molecule has 0 bridgehead atoms. The molecule has 0 spiro atoms. The van der Waals surface area contributed by atoms with E-state index in [1.807, 2.05) is 18.3 Å². The first kappa shape index (κ1) is 17.4. The summed E-state index contributed by atoms with van der Waals surface area (Å²) in [6, 6.07) is 21.3. The number of hydrogen-bond donors (Lipinski definition) is 3. The molecule has 2 aromatic carbocycles.